The van der Waals surface area contributed by atoms with Gasteiger partial charge in [-0.25, -0.2) is 0 Å². The van der Waals surface area contributed by atoms with E-state index in [9.17, 15) is 4.79 Å². The molecule has 166 valence electrons. The summed E-state index contributed by atoms with van der Waals surface area (Å²) in [5, 5.41) is 6.82. The Morgan fingerprint density at radius 3 is 2.75 bits per heavy atom. The first-order chi connectivity index (χ1) is 15.7. The van der Waals surface area contributed by atoms with E-state index < -0.39 is 0 Å². The summed E-state index contributed by atoms with van der Waals surface area (Å²) in [6, 6.07) is 14.0. The SMILES string of the molecule is O=C(CN1CCC2(CC1)Nc1ccccc1C1=NCCN12)Nc1ccc2c(c1)OCCO2. The number of amides is 1. The van der Waals surface area contributed by atoms with E-state index in [1.165, 1.54) is 5.56 Å². The van der Waals surface area contributed by atoms with Gasteiger partial charge in [-0.05, 0) is 24.3 Å². The number of rotatable bonds is 3. The lowest BCUT2D eigenvalue weighted by Crippen LogP contribution is -2.63. The maximum Gasteiger partial charge on any atom is 0.238 e. The standard InChI is InChI=1S/C24H27N5O3/c30-22(26-17-5-6-20-21(15-17)32-14-13-31-20)16-28-10-7-24(8-11-28)27-19-4-2-1-3-18(19)23-25-9-12-29(23)24/h1-6,15,27H,7-14,16H2,(H,26,30). The van der Waals surface area contributed by atoms with Crippen LogP contribution < -0.4 is 20.1 Å². The molecule has 0 bridgehead atoms. The van der Waals surface area contributed by atoms with Gasteiger partial charge in [0.15, 0.2) is 11.5 Å². The summed E-state index contributed by atoms with van der Waals surface area (Å²) in [6.07, 6.45) is 1.88. The van der Waals surface area contributed by atoms with E-state index in [0.29, 0.717) is 25.5 Å². The number of ether oxygens (including phenoxy) is 2. The number of nitrogens with one attached hydrogen (secondary N) is 2. The predicted molar refractivity (Wildman–Crippen MR) is 123 cm³/mol. The van der Waals surface area contributed by atoms with Crippen LogP contribution in [0.3, 0.4) is 0 Å². The Morgan fingerprint density at radius 2 is 1.88 bits per heavy atom. The smallest absolute Gasteiger partial charge is 0.238 e. The van der Waals surface area contributed by atoms with E-state index in [2.05, 4.69) is 44.7 Å². The van der Waals surface area contributed by atoms with Crippen LogP contribution in [0.15, 0.2) is 47.5 Å². The first kappa shape index (κ1) is 19.4. The van der Waals surface area contributed by atoms with Crippen molar-refractivity contribution in [3.63, 3.8) is 0 Å². The van der Waals surface area contributed by atoms with Gasteiger partial charge < -0.3 is 25.0 Å². The molecule has 1 saturated heterocycles. The highest BCUT2D eigenvalue weighted by molar-refractivity contribution is 6.06. The number of fused-ring (bicyclic) bond motifs is 5. The molecule has 2 aromatic carbocycles. The molecule has 8 heteroatoms. The second-order valence-electron chi connectivity index (χ2n) is 8.74. The Hall–Kier alpha value is -3.26. The van der Waals surface area contributed by atoms with Crippen LogP contribution in [0.25, 0.3) is 0 Å². The summed E-state index contributed by atoms with van der Waals surface area (Å²) in [6.45, 7) is 4.96. The molecule has 6 rings (SSSR count). The highest BCUT2D eigenvalue weighted by atomic mass is 16.6. The van der Waals surface area contributed by atoms with Crippen LogP contribution in [-0.2, 0) is 4.79 Å². The van der Waals surface area contributed by atoms with Crippen LogP contribution >= 0.6 is 0 Å². The van der Waals surface area contributed by atoms with E-state index in [1.807, 2.05) is 18.2 Å². The number of hydrogen-bond acceptors (Lipinski definition) is 7. The molecule has 4 aliphatic heterocycles. The Kier molecular flexibility index (Phi) is 4.68. The Morgan fingerprint density at radius 1 is 1.06 bits per heavy atom. The zero-order valence-electron chi connectivity index (χ0n) is 18.0. The van der Waals surface area contributed by atoms with E-state index >= 15 is 0 Å². The van der Waals surface area contributed by atoms with Gasteiger partial charge in [0.25, 0.3) is 0 Å². The fraction of sp³-hybridized carbons (Fsp3) is 0.417. The number of anilines is 2. The fourth-order valence-corrected chi connectivity index (χ4v) is 5.20. The average Bonchev–Trinajstić information content (AvgIpc) is 3.32. The molecule has 0 aliphatic carbocycles. The molecule has 8 nitrogen and oxygen atoms in total. The van der Waals surface area contributed by atoms with Crippen LogP contribution in [0.2, 0.25) is 0 Å². The van der Waals surface area contributed by atoms with Crippen molar-refractivity contribution in [1.82, 2.24) is 9.80 Å². The average molecular weight is 434 g/mol. The lowest BCUT2D eigenvalue weighted by atomic mass is 9.90. The van der Waals surface area contributed by atoms with E-state index in [1.54, 1.807) is 0 Å². The number of aliphatic imine (C=N–C) groups is 1. The zero-order chi connectivity index (χ0) is 21.5. The highest BCUT2D eigenvalue weighted by Gasteiger charge is 2.46. The van der Waals surface area contributed by atoms with Crippen molar-refractivity contribution in [2.24, 2.45) is 4.99 Å². The quantitative estimate of drug-likeness (QED) is 0.774. The summed E-state index contributed by atoms with van der Waals surface area (Å²) in [5.41, 5.74) is 2.97. The number of piperidine rings is 1. The van der Waals surface area contributed by atoms with Crippen molar-refractivity contribution in [2.45, 2.75) is 18.5 Å². The first-order valence-corrected chi connectivity index (χ1v) is 11.3. The second kappa shape index (κ2) is 7.70. The number of benzene rings is 2. The maximum atomic E-state index is 12.7. The summed E-state index contributed by atoms with van der Waals surface area (Å²) < 4.78 is 11.2. The fourth-order valence-electron chi connectivity index (χ4n) is 5.20. The summed E-state index contributed by atoms with van der Waals surface area (Å²) >= 11 is 0. The van der Waals surface area contributed by atoms with Crippen molar-refractivity contribution in [3.8, 4) is 11.5 Å². The number of likely N-dealkylation sites (tertiary alicyclic amines) is 1. The lowest BCUT2D eigenvalue weighted by molar-refractivity contribution is -0.117. The van der Waals surface area contributed by atoms with Crippen LogP contribution in [0.1, 0.15) is 18.4 Å². The van der Waals surface area contributed by atoms with E-state index in [0.717, 1.165) is 62.0 Å². The minimum absolute atomic E-state index is 0.0111. The van der Waals surface area contributed by atoms with Crippen molar-refractivity contribution >= 4 is 23.1 Å². The van der Waals surface area contributed by atoms with Crippen LogP contribution in [0.5, 0.6) is 11.5 Å². The Balaban J connectivity index is 1.10. The molecule has 4 heterocycles. The number of hydrogen-bond donors (Lipinski definition) is 2. The topological polar surface area (TPSA) is 78.4 Å². The van der Waals surface area contributed by atoms with Gasteiger partial charge in [0.05, 0.1) is 13.1 Å². The van der Waals surface area contributed by atoms with Gasteiger partial charge in [0.2, 0.25) is 5.91 Å². The van der Waals surface area contributed by atoms with Gasteiger partial charge in [-0.1, -0.05) is 12.1 Å². The maximum absolute atomic E-state index is 12.7. The Bertz CT molecular complexity index is 1080. The normalized spacial score (nSPS) is 20.8. The molecule has 0 unspecified atom stereocenters. The molecule has 2 N–H and O–H groups in total. The number of nitrogens with zero attached hydrogens (tertiary/aromatic N) is 3. The van der Waals surface area contributed by atoms with Gasteiger partial charge in [-0.2, -0.15) is 0 Å². The number of amidine groups is 1. The lowest BCUT2D eigenvalue weighted by Gasteiger charge is -2.52. The molecule has 0 saturated carbocycles. The van der Waals surface area contributed by atoms with Crippen LogP contribution in [0.4, 0.5) is 11.4 Å². The summed E-state index contributed by atoms with van der Waals surface area (Å²) in [4.78, 5) is 22.2. The third-order valence-corrected chi connectivity index (χ3v) is 6.77. The minimum Gasteiger partial charge on any atom is -0.486 e. The van der Waals surface area contributed by atoms with Crippen molar-refractivity contribution in [3.05, 3.63) is 48.0 Å². The molecule has 0 radical (unpaired) electrons. The molecule has 1 fully saturated rings. The molecule has 0 aromatic heterocycles. The molecular formula is C24H27N5O3. The number of carbonyl (C=O) groups excluding carboxylic acids is 1. The largest absolute Gasteiger partial charge is 0.486 e. The molecule has 1 spiro atoms. The predicted octanol–water partition coefficient (Wildman–Crippen LogP) is 2.38. The van der Waals surface area contributed by atoms with Gasteiger partial charge in [-0.3, -0.25) is 14.7 Å². The van der Waals surface area contributed by atoms with E-state index in [4.69, 9.17) is 14.5 Å². The van der Waals surface area contributed by atoms with Gasteiger partial charge in [0, 0.05) is 55.5 Å². The number of carbonyl (C=O) groups is 1. The van der Waals surface area contributed by atoms with Gasteiger partial charge >= 0.3 is 0 Å². The third kappa shape index (κ3) is 3.35. The molecule has 1 amide bonds. The molecule has 0 atom stereocenters. The minimum atomic E-state index is -0.119. The van der Waals surface area contributed by atoms with Crippen molar-refractivity contribution in [1.29, 1.82) is 0 Å². The second-order valence-corrected chi connectivity index (χ2v) is 8.74. The van der Waals surface area contributed by atoms with E-state index in [-0.39, 0.29) is 11.6 Å². The molecular weight excluding hydrogens is 406 g/mol. The molecule has 2 aromatic rings. The molecule has 4 aliphatic rings. The zero-order valence-corrected chi connectivity index (χ0v) is 18.0. The monoisotopic (exact) mass is 433 g/mol. The Labute approximate surface area is 187 Å². The van der Waals surface area contributed by atoms with Crippen LogP contribution in [-0.4, -0.2) is 73.1 Å². The summed E-state index contributed by atoms with van der Waals surface area (Å²) in [7, 11) is 0. The third-order valence-electron chi connectivity index (χ3n) is 6.77. The van der Waals surface area contributed by atoms with Crippen LogP contribution in [0, 0.1) is 0 Å². The van der Waals surface area contributed by atoms with Gasteiger partial charge in [-0.15, -0.1) is 0 Å². The highest BCUT2D eigenvalue weighted by Crippen LogP contribution is 2.39. The van der Waals surface area contributed by atoms with Crippen molar-refractivity contribution < 1.29 is 14.3 Å². The first-order valence-electron chi connectivity index (χ1n) is 11.3. The number of para-hydroxylation sites is 1. The summed E-state index contributed by atoms with van der Waals surface area (Å²) in [5.74, 6) is 2.51. The van der Waals surface area contributed by atoms with Gasteiger partial charge in [0.1, 0.15) is 24.7 Å². The van der Waals surface area contributed by atoms with Crippen molar-refractivity contribution in [2.75, 3.05) is 56.6 Å². The molecule has 32 heavy (non-hydrogen) atoms.